The van der Waals surface area contributed by atoms with Crippen molar-refractivity contribution in [3.63, 3.8) is 0 Å². The number of para-hydroxylation sites is 1. The van der Waals surface area contributed by atoms with Gasteiger partial charge >= 0.3 is 0 Å². The van der Waals surface area contributed by atoms with Crippen LogP contribution in [-0.4, -0.2) is 54.4 Å². The van der Waals surface area contributed by atoms with Crippen LogP contribution in [0.3, 0.4) is 0 Å². The van der Waals surface area contributed by atoms with E-state index < -0.39 is 13.0 Å². The number of fused-ring (bicyclic) bond motifs is 1. The lowest BCUT2D eigenvalue weighted by atomic mass is 10.1. The Balaban J connectivity index is 1.45. The molecule has 1 aliphatic rings. The van der Waals surface area contributed by atoms with Crippen LogP contribution in [0.5, 0.6) is 5.75 Å². The minimum Gasteiger partial charge on any atom is -0.489 e. The quantitative estimate of drug-likeness (QED) is 0.361. The van der Waals surface area contributed by atoms with Crippen LogP contribution in [0, 0.1) is 5.82 Å². The Morgan fingerprint density at radius 3 is 2.65 bits per heavy atom. The van der Waals surface area contributed by atoms with E-state index in [4.69, 9.17) is 4.74 Å². The summed E-state index contributed by atoms with van der Waals surface area (Å²) in [4.78, 5) is 9.79. The molecule has 4 aromatic rings. The second-order valence-corrected chi connectivity index (χ2v) is 12.4. The van der Waals surface area contributed by atoms with E-state index in [9.17, 15) is 8.96 Å². The topological polar surface area (TPSA) is 70.2 Å². The van der Waals surface area contributed by atoms with Crippen LogP contribution >= 0.6 is 7.14 Å². The number of hydrogen-bond acceptors (Lipinski definition) is 5. The summed E-state index contributed by atoms with van der Waals surface area (Å²) in [6.45, 7) is 5.40. The highest BCUT2D eigenvalue weighted by molar-refractivity contribution is 7.70. The molecular formula is C26H28FN4O2P. The molecule has 176 valence electrons. The number of hydrogen-bond donors (Lipinski definition) is 2. The van der Waals surface area contributed by atoms with Crippen LogP contribution in [0.4, 0.5) is 15.8 Å². The van der Waals surface area contributed by atoms with E-state index in [1.807, 2.05) is 54.6 Å². The summed E-state index contributed by atoms with van der Waals surface area (Å²) < 4.78 is 33.7. The third kappa shape index (κ3) is 4.59. The first-order valence-electron chi connectivity index (χ1n) is 11.3. The second kappa shape index (κ2) is 8.90. The van der Waals surface area contributed by atoms with Crippen molar-refractivity contribution in [1.29, 1.82) is 0 Å². The molecule has 0 bridgehead atoms. The number of aromatic nitrogens is 2. The van der Waals surface area contributed by atoms with Gasteiger partial charge in [-0.3, -0.25) is 0 Å². The molecule has 34 heavy (non-hydrogen) atoms. The number of ether oxygens (including phenoxy) is 1. The molecule has 1 fully saturated rings. The summed E-state index contributed by atoms with van der Waals surface area (Å²) in [7, 11) is -0.452. The molecule has 5 rings (SSSR count). The average Bonchev–Trinajstić information content (AvgIpc) is 3.42. The standard InChI is InChI=1S/C26H28FN4O2P/c1-31-13-12-19(16-31)33-18-10-8-17(9-11-18)23-14-20-25(21(27)15-28-26(20)30-23)29-22-6-4-5-7-24(22)34(2,3)32/h4-11,14-15,19H,12-13,16H2,1-3H3,(H2,28,29,30)/t19-/m1/s1. The monoisotopic (exact) mass is 478 g/mol. The van der Waals surface area contributed by atoms with E-state index in [0.29, 0.717) is 27.7 Å². The van der Waals surface area contributed by atoms with Crippen molar-refractivity contribution >= 4 is 34.9 Å². The number of nitrogens with zero attached hydrogens (tertiary/aromatic N) is 2. The van der Waals surface area contributed by atoms with Crippen molar-refractivity contribution in [3.8, 4) is 17.0 Å². The third-order valence-corrected chi connectivity index (χ3v) is 7.72. The summed E-state index contributed by atoms with van der Waals surface area (Å²) in [5.41, 5.74) is 3.28. The van der Waals surface area contributed by atoms with Crippen LogP contribution in [0.25, 0.3) is 22.3 Å². The molecule has 3 heterocycles. The largest absolute Gasteiger partial charge is 0.489 e. The maximum absolute atomic E-state index is 14.9. The summed E-state index contributed by atoms with van der Waals surface area (Å²) in [6, 6.07) is 17.1. The molecule has 6 nitrogen and oxygen atoms in total. The number of H-pyrrole nitrogens is 1. The summed E-state index contributed by atoms with van der Waals surface area (Å²) in [5, 5.41) is 4.48. The molecule has 0 unspecified atom stereocenters. The molecule has 0 aliphatic carbocycles. The van der Waals surface area contributed by atoms with Crippen LogP contribution in [-0.2, 0) is 4.57 Å². The smallest absolute Gasteiger partial charge is 0.165 e. The van der Waals surface area contributed by atoms with Gasteiger partial charge in [0, 0.05) is 35.2 Å². The van der Waals surface area contributed by atoms with Crippen molar-refractivity contribution in [2.75, 3.05) is 38.8 Å². The first kappa shape index (κ1) is 22.6. The maximum atomic E-state index is 14.9. The van der Waals surface area contributed by atoms with Gasteiger partial charge in [-0.15, -0.1) is 0 Å². The molecule has 8 heteroatoms. The molecule has 0 amide bonds. The Hall–Kier alpha value is -3.15. The number of anilines is 2. The fourth-order valence-electron chi connectivity index (χ4n) is 4.41. The van der Waals surface area contributed by atoms with Gasteiger partial charge in [-0.1, -0.05) is 12.1 Å². The molecule has 2 N–H and O–H groups in total. The van der Waals surface area contributed by atoms with Gasteiger partial charge < -0.3 is 24.5 Å². The fraction of sp³-hybridized carbons (Fsp3) is 0.269. The van der Waals surface area contributed by atoms with E-state index >= 15 is 0 Å². The van der Waals surface area contributed by atoms with Gasteiger partial charge in [-0.2, -0.15) is 0 Å². The number of likely N-dealkylation sites (N-methyl/N-ethyl adjacent to an activating group) is 1. The number of nitrogens with one attached hydrogen (secondary N) is 2. The van der Waals surface area contributed by atoms with Crippen LogP contribution < -0.4 is 15.4 Å². The number of pyridine rings is 1. The highest BCUT2D eigenvalue weighted by Gasteiger charge is 2.21. The molecule has 0 radical (unpaired) electrons. The zero-order valence-corrected chi connectivity index (χ0v) is 20.4. The molecular weight excluding hydrogens is 450 g/mol. The van der Waals surface area contributed by atoms with E-state index in [2.05, 4.69) is 27.2 Å². The van der Waals surface area contributed by atoms with Gasteiger partial charge in [-0.05, 0) is 74.8 Å². The van der Waals surface area contributed by atoms with Crippen molar-refractivity contribution in [3.05, 3.63) is 66.6 Å². The van der Waals surface area contributed by atoms with E-state index in [1.165, 1.54) is 6.20 Å². The fourth-order valence-corrected chi connectivity index (χ4v) is 5.57. The van der Waals surface area contributed by atoms with Crippen molar-refractivity contribution < 1.29 is 13.7 Å². The molecule has 2 aromatic heterocycles. The van der Waals surface area contributed by atoms with Crippen molar-refractivity contribution in [2.45, 2.75) is 12.5 Å². The molecule has 1 saturated heterocycles. The van der Waals surface area contributed by atoms with Crippen molar-refractivity contribution in [2.24, 2.45) is 0 Å². The first-order chi connectivity index (χ1) is 16.3. The molecule has 0 saturated carbocycles. The third-order valence-electron chi connectivity index (χ3n) is 6.17. The number of halogens is 1. The highest BCUT2D eigenvalue weighted by atomic mass is 31.2. The zero-order chi connectivity index (χ0) is 23.9. The summed E-state index contributed by atoms with van der Waals surface area (Å²) in [6.07, 6.45) is 2.44. The lowest BCUT2D eigenvalue weighted by molar-refractivity contribution is 0.208. The Morgan fingerprint density at radius 1 is 1.18 bits per heavy atom. The molecule has 2 aromatic carbocycles. The predicted molar refractivity (Wildman–Crippen MR) is 137 cm³/mol. The van der Waals surface area contributed by atoms with Gasteiger partial charge in [0.25, 0.3) is 0 Å². The van der Waals surface area contributed by atoms with Crippen LogP contribution in [0.2, 0.25) is 0 Å². The summed E-state index contributed by atoms with van der Waals surface area (Å²) in [5.74, 6) is 0.368. The average molecular weight is 479 g/mol. The highest BCUT2D eigenvalue weighted by Crippen LogP contribution is 2.39. The minimum atomic E-state index is -2.55. The van der Waals surface area contributed by atoms with Gasteiger partial charge in [0.15, 0.2) is 5.82 Å². The number of aromatic amines is 1. The van der Waals surface area contributed by atoms with Crippen molar-refractivity contribution in [1.82, 2.24) is 14.9 Å². The van der Waals surface area contributed by atoms with Gasteiger partial charge in [-0.25, -0.2) is 9.37 Å². The van der Waals surface area contributed by atoms with E-state index in [-0.39, 0.29) is 6.10 Å². The van der Waals surface area contributed by atoms with Gasteiger partial charge in [0.05, 0.1) is 11.9 Å². The Labute approximate surface area is 198 Å². The normalized spacial score (nSPS) is 16.8. The SMILES string of the molecule is CN1CC[C@@H](Oc2ccc(-c3cc4c(Nc5ccccc5P(C)(C)=O)c(F)cnc4[nH]3)cc2)C1. The number of rotatable bonds is 6. The van der Waals surface area contributed by atoms with Gasteiger partial charge in [0.1, 0.15) is 24.6 Å². The number of likely N-dealkylation sites (tertiary alicyclic amines) is 1. The lowest BCUT2D eigenvalue weighted by Crippen LogP contribution is -2.21. The molecule has 1 atom stereocenters. The Morgan fingerprint density at radius 2 is 1.94 bits per heavy atom. The van der Waals surface area contributed by atoms with E-state index in [0.717, 1.165) is 36.5 Å². The van der Waals surface area contributed by atoms with Crippen LogP contribution in [0.1, 0.15) is 6.42 Å². The number of benzene rings is 2. The Kier molecular flexibility index (Phi) is 5.92. The minimum absolute atomic E-state index is 0.217. The van der Waals surface area contributed by atoms with E-state index in [1.54, 1.807) is 13.3 Å². The van der Waals surface area contributed by atoms with Crippen LogP contribution in [0.15, 0.2) is 60.8 Å². The molecule has 1 aliphatic heterocycles. The summed E-state index contributed by atoms with van der Waals surface area (Å²) >= 11 is 0. The zero-order valence-electron chi connectivity index (χ0n) is 19.5. The van der Waals surface area contributed by atoms with Gasteiger partial charge in [0.2, 0.25) is 0 Å². The predicted octanol–water partition coefficient (Wildman–Crippen LogP) is 5.44. The second-order valence-electron chi connectivity index (χ2n) is 9.23. The molecule has 0 spiro atoms. The lowest BCUT2D eigenvalue weighted by Gasteiger charge is -2.16. The maximum Gasteiger partial charge on any atom is 0.165 e. The Bertz CT molecular complexity index is 1380. The first-order valence-corrected chi connectivity index (χ1v) is 13.9.